The average Bonchev–Trinajstić information content (AvgIpc) is 2.51. The van der Waals surface area contributed by atoms with Gasteiger partial charge in [-0.05, 0) is 19.3 Å². The molecule has 0 aromatic rings. The van der Waals surface area contributed by atoms with Crippen molar-refractivity contribution in [3.05, 3.63) is 0 Å². The minimum atomic E-state index is -3.27. The van der Waals surface area contributed by atoms with E-state index < -0.39 is 22.0 Å². The van der Waals surface area contributed by atoms with E-state index in [0.29, 0.717) is 19.4 Å². The lowest BCUT2D eigenvalue weighted by Crippen LogP contribution is -2.44. The minimum Gasteiger partial charge on any atom is -0.368 e. The lowest BCUT2D eigenvalue weighted by Gasteiger charge is -2.21. The number of carbonyl (C=O) groups is 1. The van der Waals surface area contributed by atoms with E-state index in [9.17, 15) is 13.2 Å². The molecular formula is C8H16N2O3S. The summed E-state index contributed by atoms with van der Waals surface area (Å²) in [5, 5.41) is 0. The lowest BCUT2D eigenvalue weighted by molar-refractivity contribution is -0.121. The third-order valence-corrected chi connectivity index (χ3v) is 4.43. The zero-order valence-electron chi connectivity index (χ0n) is 8.27. The molecule has 5 nitrogen and oxygen atoms in total. The van der Waals surface area contributed by atoms with E-state index in [1.807, 2.05) is 0 Å². The quantitative estimate of drug-likeness (QED) is 0.704. The second kappa shape index (κ2) is 4.27. The first-order chi connectivity index (χ1) is 6.49. The second-order valence-electron chi connectivity index (χ2n) is 3.49. The second-order valence-corrected chi connectivity index (χ2v) is 5.53. The highest BCUT2D eigenvalue weighted by atomic mass is 32.2. The van der Waals surface area contributed by atoms with Gasteiger partial charge in [0.1, 0.15) is 6.04 Å². The van der Waals surface area contributed by atoms with Gasteiger partial charge >= 0.3 is 0 Å². The van der Waals surface area contributed by atoms with Crippen LogP contribution < -0.4 is 5.73 Å². The number of hydrogen-bond donors (Lipinski definition) is 1. The summed E-state index contributed by atoms with van der Waals surface area (Å²) >= 11 is 0. The molecule has 2 N–H and O–H groups in total. The molecule has 0 aromatic carbocycles. The van der Waals surface area contributed by atoms with Gasteiger partial charge in [0.15, 0.2) is 0 Å². The molecule has 0 saturated carbocycles. The van der Waals surface area contributed by atoms with Crippen molar-refractivity contribution in [2.24, 2.45) is 5.73 Å². The summed E-state index contributed by atoms with van der Waals surface area (Å²) in [7, 11) is -3.27. The van der Waals surface area contributed by atoms with E-state index in [-0.39, 0.29) is 5.75 Å². The first-order valence-corrected chi connectivity index (χ1v) is 6.39. The highest BCUT2D eigenvalue weighted by molar-refractivity contribution is 7.89. The number of nitrogens with two attached hydrogens (primary N) is 1. The molecule has 1 fully saturated rings. The highest BCUT2D eigenvalue weighted by Crippen LogP contribution is 2.21. The fourth-order valence-corrected chi connectivity index (χ4v) is 3.49. The number of amides is 1. The molecule has 1 atom stereocenters. The topological polar surface area (TPSA) is 80.5 Å². The third kappa shape index (κ3) is 2.24. The van der Waals surface area contributed by atoms with Gasteiger partial charge in [-0.3, -0.25) is 4.79 Å². The monoisotopic (exact) mass is 220 g/mol. The molecule has 0 spiro atoms. The van der Waals surface area contributed by atoms with Crippen molar-refractivity contribution in [3.8, 4) is 0 Å². The van der Waals surface area contributed by atoms with Gasteiger partial charge in [0.05, 0.1) is 5.75 Å². The predicted molar refractivity (Wildman–Crippen MR) is 53.0 cm³/mol. The Labute approximate surface area is 84.3 Å². The SMILES string of the molecule is CCCS(=O)(=O)N1CCC[C@@H]1C(N)=O. The van der Waals surface area contributed by atoms with E-state index in [2.05, 4.69) is 0 Å². The van der Waals surface area contributed by atoms with Crippen molar-refractivity contribution in [1.29, 1.82) is 0 Å². The lowest BCUT2D eigenvalue weighted by atomic mass is 10.2. The Balaban J connectivity index is 2.81. The molecule has 1 aliphatic rings. The molecule has 0 bridgehead atoms. The summed E-state index contributed by atoms with van der Waals surface area (Å²) in [6, 6.07) is -0.619. The summed E-state index contributed by atoms with van der Waals surface area (Å²) in [6.45, 7) is 2.23. The Morgan fingerprint density at radius 2 is 2.21 bits per heavy atom. The Morgan fingerprint density at radius 3 is 2.71 bits per heavy atom. The molecule has 1 amide bonds. The van der Waals surface area contributed by atoms with Crippen LogP contribution in [0.3, 0.4) is 0 Å². The summed E-state index contributed by atoms with van der Waals surface area (Å²) in [4.78, 5) is 11.0. The molecule has 1 rings (SSSR count). The zero-order valence-corrected chi connectivity index (χ0v) is 9.09. The minimum absolute atomic E-state index is 0.0940. The van der Waals surface area contributed by atoms with Gasteiger partial charge in [-0.2, -0.15) is 4.31 Å². The summed E-state index contributed by atoms with van der Waals surface area (Å²) in [5.41, 5.74) is 5.14. The van der Waals surface area contributed by atoms with E-state index >= 15 is 0 Å². The van der Waals surface area contributed by atoms with Crippen LogP contribution in [0.4, 0.5) is 0 Å². The predicted octanol–water partition coefficient (Wildman–Crippen LogP) is -0.324. The van der Waals surface area contributed by atoms with Crippen LogP contribution >= 0.6 is 0 Å². The van der Waals surface area contributed by atoms with E-state index in [0.717, 1.165) is 6.42 Å². The number of sulfonamides is 1. The molecule has 14 heavy (non-hydrogen) atoms. The molecule has 0 aliphatic carbocycles. The van der Waals surface area contributed by atoms with Crippen LogP contribution in [0, 0.1) is 0 Å². The molecule has 1 saturated heterocycles. The first-order valence-electron chi connectivity index (χ1n) is 4.78. The van der Waals surface area contributed by atoms with Crippen LogP contribution in [-0.4, -0.2) is 37.0 Å². The Morgan fingerprint density at radius 1 is 1.57 bits per heavy atom. The van der Waals surface area contributed by atoms with Crippen molar-refractivity contribution >= 4 is 15.9 Å². The Kier molecular flexibility index (Phi) is 3.49. The maximum absolute atomic E-state index is 11.7. The van der Waals surface area contributed by atoms with Gasteiger partial charge in [0.2, 0.25) is 15.9 Å². The zero-order chi connectivity index (χ0) is 10.8. The van der Waals surface area contributed by atoms with Gasteiger partial charge in [-0.15, -0.1) is 0 Å². The van der Waals surface area contributed by atoms with Crippen LogP contribution in [0.5, 0.6) is 0 Å². The maximum atomic E-state index is 11.7. The maximum Gasteiger partial charge on any atom is 0.235 e. The molecule has 0 radical (unpaired) electrons. The third-order valence-electron chi connectivity index (χ3n) is 2.35. The van der Waals surface area contributed by atoms with Crippen molar-refractivity contribution < 1.29 is 13.2 Å². The van der Waals surface area contributed by atoms with Crippen molar-refractivity contribution in [1.82, 2.24) is 4.31 Å². The Bertz CT molecular complexity index is 313. The van der Waals surface area contributed by atoms with Gasteiger partial charge < -0.3 is 5.73 Å². The van der Waals surface area contributed by atoms with E-state index in [1.54, 1.807) is 6.92 Å². The number of primary amides is 1. The molecule has 6 heteroatoms. The van der Waals surface area contributed by atoms with Crippen LogP contribution in [0.1, 0.15) is 26.2 Å². The van der Waals surface area contributed by atoms with Crippen molar-refractivity contribution in [2.75, 3.05) is 12.3 Å². The van der Waals surface area contributed by atoms with Crippen LogP contribution in [0.2, 0.25) is 0 Å². The molecule has 0 aromatic heterocycles. The number of rotatable bonds is 4. The number of nitrogens with zero attached hydrogens (tertiary/aromatic N) is 1. The molecule has 1 aliphatic heterocycles. The smallest absolute Gasteiger partial charge is 0.235 e. The summed E-state index contributed by atoms with van der Waals surface area (Å²) in [5.74, 6) is -0.446. The van der Waals surface area contributed by atoms with Gasteiger partial charge in [0.25, 0.3) is 0 Å². The first kappa shape index (κ1) is 11.5. The standard InChI is InChI=1S/C8H16N2O3S/c1-2-6-14(12,13)10-5-3-4-7(10)8(9)11/h7H,2-6H2,1H3,(H2,9,11)/t7-/m1/s1. The summed E-state index contributed by atoms with van der Waals surface area (Å²) in [6.07, 6.45) is 1.83. The summed E-state index contributed by atoms with van der Waals surface area (Å²) < 4.78 is 24.6. The van der Waals surface area contributed by atoms with Crippen molar-refractivity contribution in [3.63, 3.8) is 0 Å². The normalized spacial score (nSPS) is 23.9. The van der Waals surface area contributed by atoms with Crippen molar-refractivity contribution in [2.45, 2.75) is 32.2 Å². The van der Waals surface area contributed by atoms with Crippen LogP contribution in [0.25, 0.3) is 0 Å². The number of carbonyl (C=O) groups excluding carboxylic acids is 1. The fourth-order valence-electron chi connectivity index (χ4n) is 1.73. The van der Waals surface area contributed by atoms with E-state index in [1.165, 1.54) is 4.31 Å². The molecule has 0 unspecified atom stereocenters. The molecule has 82 valence electrons. The van der Waals surface area contributed by atoms with Gasteiger partial charge in [0, 0.05) is 6.54 Å². The van der Waals surface area contributed by atoms with Gasteiger partial charge in [-0.25, -0.2) is 8.42 Å². The average molecular weight is 220 g/mol. The van der Waals surface area contributed by atoms with Gasteiger partial charge in [-0.1, -0.05) is 6.92 Å². The molecular weight excluding hydrogens is 204 g/mol. The fraction of sp³-hybridized carbons (Fsp3) is 0.875. The largest absolute Gasteiger partial charge is 0.368 e. The number of hydrogen-bond acceptors (Lipinski definition) is 3. The van der Waals surface area contributed by atoms with Crippen LogP contribution in [-0.2, 0) is 14.8 Å². The van der Waals surface area contributed by atoms with E-state index in [4.69, 9.17) is 5.73 Å². The highest BCUT2D eigenvalue weighted by Gasteiger charge is 2.36. The molecule has 1 heterocycles. The van der Waals surface area contributed by atoms with Crippen LogP contribution in [0.15, 0.2) is 0 Å². The Hall–Kier alpha value is -0.620.